The number of non-ortho nitro benzene ring substituents is 1. The molecule has 0 radical (unpaired) electrons. The van der Waals surface area contributed by atoms with Gasteiger partial charge in [-0.3, -0.25) is 10.1 Å². The minimum absolute atomic E-state index is 0.0534. The Balaban J connectivity index is 2.44. The number of phenolic OH excluding ortho intramolecular Hbond substituents is 1. The molecule has 122 valence electrons. The lowest BCUT2D eigenvalue weighted by atomic mass is 10.0. The van der Waals surface area contributed by atoms with Gasteiger partial charge in [0.05, 0.1) is 28.2 Å². The largest absolute Gasteiger partial charge is 0.503 e. The smallest absolute Gasteiger partial charge is 0.269 e. The van der Waals surface area contributed by atoms with Gasteiger partial charge in [0, 0.05) is 12.1 Å². The van der Waals surface area contributed by atoms with Crippen LogP contribution < -0.4 is 4.74 Å². The molecule has 2 aromatic rings. The Morgan fingerprint density at radius 3 is 2.62 bits per heavy atom. The number of benzene rings is 2. The Kier molecular flexibility index (Phi) is 5.40. The van der Waals surface area contributed by atoms with Gasteiger partial charge in [-0.25, -0.2) is 0 Å². The lowest BCUT2D eigenvalue weighted by Gasteiger charge is -2.09. The molecule has 0 heterocycles. The van der Waals surface area contributed by atoms with Gasteiger partial charge in [-0.15, -0.1) is 0 Å². The van der Waals surface area contributed by atoms with Crippen molar-refractivity contribution in [1.82, 2.24) is 0 Å². The van der Waals surface area contributed by atoms with Gasteiger partial charge in [0.15, 0.2) is 11.5 Å². The van der Waals surface area contributed by atoms with Crippen LogP contribution in [0.2, 0.25) is 5.02 Å². The molecule has 0 saturated heterocycles. The first-order chi connectivity index (χ1) is 11.5. The first-order valence-electron chi connectivity index (χ1n) is 6.98. The van der Waals surface area contributed by atoms with E-state index in [1.807, 2.05) is 6.07 Å². The van der Waals surface area contributed by atoms with Gasteiger partial charge >= 0.3 is 0 Å². The van der Waals surface area contributed by atoms with Crippen LogP contribution >= 0.6 is 11.6 Å². The summed E-state index contributed by atoms with van der Waals surface area (Å²) in [6.07, 6.45) is 1.56. The summed E-state index contributed by atoms with van der Waals surface area (Å²) in [7, 11) is 0. The molecular weight excluding hydrogens is 332 g/mol. The van der Waals surface area contributed by atoms with Gasteiger partial charge in [0.1, 0.15) is 0 Å². The molecule has 7 heteroatoms. The third-order valence-electron chi connectivity index (χ3n) is 3.17. The number of phenols is 1. The van der Waals surface area contributed by atoms with E-state index in [9.17, 15) is 20.5 Å². The zero-order valence-electron chi connectivity index (χ0n) is 12.7. The van der Waals surface area contributed by atoms with Crippen LogP contribution in [0.25, 0.3) is 11.6 Å². The fraction of sp³-hybridized carbons (Fsp3) is 0.118. The first kappa shape index (κ1) is 17.3. The second-order valence-electron chi connectivity index (χ2n) is 4.76. The van der Waals surface area contributed by atoms with Crippen LogP contribution in [-0.4, -0.2) is 16.6 Å². The van der Waals surface area contributed by atoms with Crippen LogP contribution in [0.15, 0.2) is 36.4 Å². The quantitative estimate of drug-likeness (QED) is 0.375. The molecule has 2 rings (SSSR count). The van der Waals surface area contributed by atoms with Crippen LogP contribution in [0.4, 0.5) is 5.69 Å². The van der Waals surface area contributed by atoms with Crippen LogP contribution in [0.1, 0.15) is 18.1 Å². The highest BCUT2D eigenvalue weighted by Crippen LogP contribution is 2.36. The number of hydrogen-bond donors (Lipinski definition) is 1. The molecule has 0 aliphatic rings. The normalized spacial score (nSPS) is 11.0. The van der Waals surface area contributed by atoms with Crippen molar-refractivity contribution in [3.63, 3.8) is 0 Å². The van der Waals surface area contributed by atoms with Crippen molar-refractivity contribution in [2.45, 2.75) is 6.92 Å². The van der Waals surface area contributed by atoms with E-state index in [4.69, 9.17) is 16.3 Å². The molecule has 0 fully saturated rings. The molecule has 0 saturated carbocycles. The topological polar surface area (TPSA) is 96.4 Å². The van der Waals surface area contributed by atoms with Crippen molar-refractivity contribution in [3.8, 4) is 17.6 Å². The van der Waals surface area contributed by atoms with Crippen molar-refractivity contribution in [3.05, 3.63) is 62.7 Å². The zero-order valence-corrected chi connectivity index (χ0v) is 13.4. The molecular formula is C17H13ClN2O4. The number of nitriles is 1. The summed E-state index contributed by atoms with van der Waals surface area (Å²) in [5, 5.41) is 30.0. The number of hydrogen-bond acceptors (Lipinski definition) is 5. The SMILES string of the molecule is CCOc1cc(/C=C(\C#N)c2ccc([N+](=O)[O-])cc2)cc(Cl)c1O. The molecule has 0 spiro atoms. The molecule has 0 atom stereocenters. The minimum Gasteiger partial charge on any atom is -0.503 e. The fourth-order valence-electron chi connectivity index (χ4n) is 2.05. The molecule has 0 bridgehead atoms. The number of halogens is 1. The van der Waals surface area contributed by atoms with Crippen molar-refractivity contribution in [2.75, 3.05) is 6.61 Å². The van der Waals surface area contributed by atoms with Crippen molar-refractivity contribution in [2.24, 2.45) is 0 Å². The Labute approximate surface area is 143 Å². The third-order valence-corrected chi connectivity index (χ3v) is 3.46. The lowest BCUT2D eigenvalue weighted by molar-refractivity contribution is -0.384. The Bertz CT molecular complexity index is 839. The highest BCUT2D eigenvalue weighted by atomic mass is 35.5. The molecule has 6 nitrogen and oxygen atoms in total. The average Bonchev–Trinajstić information content (AvgIpc) is 2.57. The standard InChI is InChI=1S/C17H13ClN2O4/c1-2-24-16-9-11(8-15(18)17(16)21)7-13(10-19)12-3-5-14(6-4-12)20(22)23/h3-9,21H,2H2,1H3/b13-7+. The van der Waals surface area contributed by atoms with Crippen molar-refractivity contribution < 1.29 is 14.8 Å². The van der Waals surface area contributed by atoms with Crippen LogP contribution in [-0.2, 0) is 0 Å². The highest BCUT2D eigenvalue weighted by molar-refractivity contribution is 6.32. The fourth-order valence-corrected chi connectivity index (χ4v) is 2.27. The Morgan fingerprint density at radius 1 is 1.42 bits per heavy atom. The van der Waals surface area contributed by atoms with E-state index in [-0.39, 0.29) is 22.2 Å². The second-order valence-corrected chi connectivity index (χ2v) is 5.16. The number of nitro benzene ring substituents is 1. The number of nitro groups is 1. The molecule has 0 aliphatic carbocycles. The molecule has 24 heavy (non-hydrogen) atoms. The van der Waals surface area contributed by atoms with E-state index in [1.165, 1.54) is 30.3 Å². The van der Waals surface area contributed by atoms with Gasteiger partial charge in [-0.2, -0.15) is 5.26 Å². The van der Waals surface area contributed by atoms with Gasteiger partial charge in [0.2, 0.25) is 0 Å². The van der Waals surface area contributed by atoms with Gasteiger partial charge in [-0.1, -0.05) is 11.6 Å². The maximum absolute atomic E-state index is 10.7. The number of nitrogens with zero attached hydrogens (tertiary/aromatic N) is 2. The number of ether oxygens (including phenoxy) is 1. The van der Waals surface area contributed by atoms with Crippen LogP contribution in [0.3, 0.4) is 0 Å². The predicted octanol–water partition coefficient (Wildman–Crippen LogP) is 4.42. The Hall–Kier alpha value is -3.04. The van der Waals surface area contributed by atoms with E-state index >= 15 is 0 Å². The van der Waals surface area contributed by atoms with Gasteiger partial charge < -0.3 is 9.84 Å². The first-order valence-corrected chi connectivity index (χ1v) is 7.36. The van der Waals surface area contributed by atoms with E-state index in [2.05, 4.69) is 0 Å². The van der Waals surface area contributed by atoms with Gasteiger partial charge in [0.25, 0.3) is 5.69 Å². The van der Waals surface area contributed by atoms with Crippen LogP contribution in [0.5, 0.6) is 11.5 Å². The van der Waals surface area contributed by atoms with Crippen molar-refractivity contribution >= 4 is 28.9 Å². The number of allylic oxidation sites excluding steroid dienone is 1. The molecule has 1 N–H and O–H groups in total. The van der Waals surface area contributed by atoms with E-state index < -0.39 is 4.92 Å². The molecule has 0 aromatic heterocycles. The summed E-state index contributed by atoms with van der Waals surface area (Å²) in [6, 6.07) is 10.8. The van der Waals surface area contributed by atoms with Gasteiger partial charge in [-0.05, 0) is 48.4 Å². The predicted molar refractivity (Wildman–Crippen MR) is 90.9 cm³/mol. The van der Waals surface area contributed by atoms with Crippen molar-refractivity contribution in [1.29, 1.82) is 5.26 Å². The van der Waals surface area contributed by atoms with E-state index in [0.717, 1.165) is 0 Å². The van der Waals surface area contributed by atoms with E-state index in [1.54, 1.807) is 19.1 Å². The average molecular weight is 345 g/mol. The maximum atomic E-state index is 10.7. The summed E-state index contributed by atoms with van der Waals surface area (Å²) >= 11 is 5.97. The number of aromatic hydroxyl groups is 1. The summed E-state index contributed by atoms with van der Waals surface area (Å²) in [5.74, 6) is 0.0572. The second kappa shape index (κ2) is 7.49. The maximum Gasteiger partial charge on any atom is 0.269 e. The third kappa shape index (κ3) is 3.83. The summed E-state index contributed by atoms with van der Waals surface area (Å²) < 4.78 is 5.30. The summed E-state index contributed by atoms with van der Waals surface area (Å²) in [4.78, 5) is 10.2. The Morgan fingerprint density at radius 2 is 2.08 bits per heavy atom. The molecule has 0 unspecified atom stereocenters. The van der Waals surface area contributed by atoms with Crippen LogP contribution in [0, 0.1) is 21.4 Å². The number of rotatable bonds is 5. The lowest BCUT2D eigenvalue weighted by Crippen LogP contribution is -1.93. The minimum atomic E-state index is -0.506. The monoisotopic (exact) mass is 344 g/mol. The van der Waals surface area contributed by atoms with E-state index in [0.29, 0.717) is 23.3 Å². The molecule has 2 aromatic carbocycles. The zero-order chi connectivity index (χ0) is 17.7. The highest BCUT2D eigenvalue weighted by Gasteiger charge is 2.11. The summed E-state index contributed by atoms with van der Waals surface area (Å²) in [5.41, 5.74) is 1.35. The summed E-state index contributed by atoms with van der Waals surface area (Å²) in [6.45, 7) is 2.12. The molecule has 0 amide bonds. The molecule has 0 aliphatic heterocycles.